The molecular weight excluding hydrogens is 374 g/mol. The number of nitrogens with one attached hydrogen (secondary N) is 1. The number of anilines is 1. The minimum Gasteiger partial charge on any atom is -0.493 e. The predicted octanol–water partition coefficient (Wildman–Crippen LogP) is 4.58. The van der Waals surface area contributed by atoms with Gasteiger partial charge in [-0.05, 0) is 48.9 Å². The van der Waals surface area contributed by atoms with Crippen molar-refractivity contribution in [2.75, 3.05) is 11.9 Å². The van der Waals surface area contributed by atoms with E-state index in [1.807, 2.05) is 6.07 Å². The minimum atomic E-state index is -1.01. The molecule has 2 rings (SSSR count). The van der Waals surface area contributed by atoms with Gasteiger partial charge >= 0.3 is 5.97 Å². The number of carboxylic acids is 1. The standard InChI is InChI=1S/C18H18BrNO4/c1-2-3-10-24-16-9-6-13(19)11-15(16)17(21)20-14-7-4-12(5-8-14)18(22)23/h4-9,11H,2-3,10H2,1H3,(H,20,21)(H,22,23). The Balaban J connectivity index is 2.15. The van der Waals surface area contributed by atoms with Crippen molar-refractivity contribution in [2.24, 2.45) is 0 Å². The number of unbranched alkanes of at least 4 members (excludes halogenated alkanes) is 1. The molecule has 24 heavy (non-hydrogen) atoms. The molecule has 0 radical (unpaired) electrons. The Bertz CT molecular complexity index is 728. The number of ether oxygens (including phenoxy) is 1. The maximum atomic E-state index is 12.5. The van der Waals surface area contributed by atoms with Gasteiger partial charge in [0.2, 0.25) is 0 Å². The third kappa shape index (κ3) is 4.83. The fraction of sp³-hybridized carbons (Fsp3) is 0.222. The highest BCUT2D eigenvalue weighted by Gasteiger charge is 2.14. The van der Waals surface area contributed by atoms with E-state index in [-0.39, 0.29) is 11.5 Å². The number of hydrogen-bond acceptors (Lipinski definition) is 3. The van der Waals surface area contributed by atoms with Gasteiger partial charge in [-0.1, -0.05) is 29.3 Å². The van der Waals surface area contributed by atoms with Crippen LogP contribution in [0.5, 0.6) is 5.75 Å². The van der Waals surface area contributed by atoms with Crippen LogP contribution in [0.3, 0.4) is 0 Å². The van der Waals surface area contributed by atoms with Gasteiger partial charge in [0.15, 0.2) is 0 Å². The van der Waals surface area contributed by atoms with E-state index in [1.165, 1.54) is 12.1 Å². The summed E-state index contributed by atoms with van der Waals surface area (Å²) >= 11 is 3.36. The smallest absolute Gasteiger partial charge is 0.335 e. The Morgan fingerprint density at radius 2 is 1.88 bits per heavy atom. The number of halogens is 1. The zero-order chi connectivity index (χ0) is 17.5. The first-order valence-corrected chi connectivity index (χ1v) is 8.37. The second-order valence-electron chi connectivity index (χ2n) is 5.18. The van der Waals surface area contributed by atoms with Crippen molar-refractivity contribution in [1.82, 2.24) is 0 Å². The van der Waals surface area contributed by atoms with E-state index in [4.69, 9.17) is 9.84 Å². The molecular formula is C18H18BrNO4. The molecule has 0 unspecified atom stereocenters. The highest BCUT2D eigenvalue weighted by Crippen LogP contribution is 2.25. The summed E-state index contributed by atoms with van der Waals surface area (Å²) in [6.07, 6.45) is 1.92. The molecule has 0 aliphatic carbocycles. The Morgan fingerprint density at radius 1 is 1.17 bits per heavy atom. The van der Waals surface area contributed by atoms with E-state index in [0.717, 1.165) is 17.3 Å². The zero-order valence-corrected chi connectivity index (χ0v) is 14.8. The lowest BCUT2D eigenvalue weighted by atomic mass is 10.1. The molecule has 0 fully saturated rings. The van der Waals surface area contributed by atoms with Gasteiger partial charge in [0.05, 0.1) is 17.7 Å². The van der Waals surface area contributed by atoms with Crippen LogP contribution < -0.4 is 10.1 Å². The van der Waals surface area contributed by atoms with Gasteiger partial charge in [-0.25, -0.2) is 4.79 Å². The SMILES string of the molecule is CCCCOc1ccc(Br)cc1C(=O)Nc1ccc(C(=O)O)cc1. The van der Waals surface area contributed by atoms with Crippen molar-refractivity contribution in [2.45, 2.75) is 19.8 Å². The van der Waals surface area contributed by atoms with Crippen molar-refractivity contribution >= 4 is 33.5 Å². The summed E-state index contributed by atoms with van der Waals surface area (Å²) in [4.78, 5) is 23.4. The number of amides is 1. The lowest BCUT2D eigenvalue weighted by molar-refractivity contribution is 0.0696. The van der Waals surface area contributed by atoms with E-state index >= 15 is 0 Å². The predicted molar refractivity (Wildman–Crippen MR) is 95.9 cm³/mol. The van der Waals surface area contributed by atoms with E-state index in [9.17, 15) is 9.59 Å². The molecule has 0 saturated carbocycles. The summed E-state index contributed by atoms with van der Waals surface area (Å²) in [6, 6.07) is 11.3. The number of benzene rings is 2. The van der Waals surface area contributed by atoms with Crippen molar-refractivity contribution < 1.29 is 19.4 Å². The number of aromatic carboxylic acids is 1. The van der Waals surface area contributed by atoms with Crippen LogP contribution in [0, 0.1) is 0 Å². The first-order chi connectivity index (χ1) is 11.5. The lowest BCUT2D eigenvalue weighted by Gasteiger charge is -2.12. The monoisotopic (exact) mass is 391 g/mol. The molecule has 6 heteroatoms. The molecule has 1 amide bonds. The summed E-state index contributed by atoms with van der Waals surface area (Å²) < 4.78 is 6.46. The van der Waals surface area contributed by atoms with Gasteiger partial charge in [-0.3, -0.25) is 4.79 Å². The third-order valence-corrected chi connectivity index (χ3v) is 3.82. The summed E-state index contributed by atoms with van der Waals surface area (Å²) in [6.45, 7) is 2.62. The normalized spacial score (nSPS) is 10.2. The van der Waals surface area contributed by atoms with Crippen molar-refractivity contribution in [3.8, 4) is 5.75 Å². The molecule has 2 aromatic rings. The molecule has 0 heterocycles. The minimum absolute atomic E-state index is 0.166. The van der Waals surface area contributed by atoms with Crippen LogP contribution in [0.25, 0.3) is 0 Å². The highest BCUT2D eigenvalue weighted by molar-refractivity contribution is 9.10. The fourth-order valence-electron chi connectivity index (χ4n) is 2.03. The van der Waals surface area contributed by atoms with Crippen LogP contribution in [0.4, 0.5) is 5.69 Å². The fourth-order valence-corrected chi connectivity index (χ4v) is 2.39. The molecule has 126 valence electrons. The molecule has 2 aromatic carbocycles. The lowest BCUT2D eigenvalue weighted by Crippen LogP contribution is -2.14. The first-order valence-electron chi connectivity index (χ1n) is 7.58. The van der Waals surface area contributed by atoms with Crippen LogP contribution in [0.2, 0.25) is 0 Å². The van der Waals surface area contributed by atoms with Crippen LogP contribution in [-0.4, -0.2) is 23.6 Å². The molecule has 0 atom stereocenters. The molecule has 5 nitrogen and oxygen atoms in total. The van der Waals surface area contributed by atoms with Crippen molar-refractivity contribution in [1.29, 1.82) is 0 Å². The van der Waals surface area contributed by atoms with E-state index in [1.54, 1.807) is 24.3 Å². The highest BCUT2D eigenvalue weighted by atomic mass is 79.9. The Labute approximate surface area is 148 Å². The topological polar surface area (TPSA) is 75.6 Å². The number of carbonyl (C=O) groups is 2. The largest absolute Gasteiger partial charge is 0.493 e. The number of hydrogen-bond donors (Lipinski definition) is 2. The van der Waals surface area contributed by atoms with Gasteiger partial charge in [0, 0.05) is 10.2 Å². The summed E-state index contributed by atoms with van der Waals surface area (Å²) in [7, 11) is 0. The van der Waals surface area contributed by atoms with Crippen LogP contribution in [0.15, 0.2) is 46.9 Å². The molecule has 0 saturated heterocycles. The van der Waals surface area contributed by atoms with Crippen molar-refractivity contribution in [3.05, 3.63) is 58.1 Å². The van der Waals surface area contributed by atoms with E-state index < -0.39 is 5.97 Å². The maximum Gasteiger partial charge on any atom is 0.335 e. The van der Waals surface area contributed by atoms with Gasteiger partial charge < -0.3 is 15.2 Å². The zero-order valence-electron chi connectivity index (χ0n) is 13.2. The molecule has 0 aliphatic rings. The van der Waals surface area contributed by atoms with Gasteiger partial charge in [-0.2, -0.15) is 0 Å². The van der Waals surface area contributed by atoms with Crippen LogP contribution in [-0.2, 0) is 0 Å². The summed E-state index contributed by atoms with van der Waals surface area (Å²) in [5.74, 6) is -0.802. The molecule has 0 aromatic heterocycles. The van der Waals surface area contributed by atoms with E-state index in [0.29, 0.717) is 23.6 Å². The van der Waals surface area contributed by atoms with Gasteiger partial charge in [0.25, 0.3) is 5.91 Å². The summed E-state index contributed by atoms with van der Waals surface area (Å²) in [5, 5.41) is 11.6. The number of rotatable bonds is 7. The quantitative estimate of drug-likeness (QED) is 0.677. The van der Waals surface area contributed by atoms with Crippen molar-refractivity contribution in [3.63, 3.8) is 0 Å². The second-order valence-corrected chi connectivity index (χ2v) is 6.09. The van der Waals surface area contributed by atoms with Gasteiger partial charge in [0.1, 0.15) is 5.75 Å². The molecule has 0 aliphatic heterocycles. The summed E-state index contributed by atoms with van der Waals surface area (Å²) in [5.41, 5.74) is 1.10. The van der Waals surface area contributed by atoms with Gasteiger partial charge in [-0.15, -0.1) is 0 Å². The molecule has 2 N–H and O–H groups in total. The molecule has 0 bridgehead atoms. The second kappa shape index (κ2) is 8.49. The first kappa shape index (κ1) is 18.0. The third-order valence-electron chi connectivity index (χ3n) is 3.33. The Morgan fingerprint density at radius 3 is 2.50 bits per heavy atom. The van der Waals surface area contributed by atoms with E-state index in [2.05, 4.69) is 28.2 Å². The maximum absolute atomic E-state index is 12.5. The average Bonchev–Trinajstić information content (AvgIpc) is 2.56. The van der Waals surface area contributed by atoms with Crippen LogP contribution >= 0.6 is 15.9 Å². The Hall–Kier alpha value is -2.34. The Kier molecular flexibility index (Phi) is 6.37. The number of carboxylic acid groups (broad SMARTS) is 1. The average molecular weight is 392 g/mol. The number of carbonyl (C=O) groups excluding carboxylic acids is 1. The van der Waals surface area contributed by atoms with Crippen LogP contribution in [0.1, 0.15) is 40.5 Å². The molecule has 0 spiro atoms.